The Morgan fingerprint density at radius 2 is 1.48 bits per heavy atom. The van der Waals surface area contributed by atoms with Crippen LogP contribution in [0.5, 0.6) is 0 Å². The van der Waals surface area contributed by atoms with Gasteiger partial charge in [0.1, 0.15) is 0 Å². The number of unbranched alkanes of at least 4 members (excludes halogenated alkanes) is 5. The molecule has 0 amide bonds. The number of nitrogens with zero attached hydrogens (tertiary/aromatic N) is 1. The highest BCUT2D eigenvalue weighted by Crippen LogP contribution is 2.21. The van der Waals surface area contributed by atoms with Crippen LogP contribution in [-0.4, -0.2) is 6.61 Å². The lowest BCUT2D eigenvalue weighted by atomic mass is 10.1. The standard InChI is InChI=1S/C21H26NO/c1-2-3-4-5-6-11-16-23-22-17-18-12-7-8-13-19(18)20-14-9-10-15-21(20)22/h7-10,12-15,17H,2-6,11,16H2,1H3/q+1. The van der Waals surface area contributed by atoms with E-state index < -0.39 is 0 Å². The van der Waals surface area contributed by atoms with Crippen molar-refractivity contribution in [3.8, 4) is 0 Å². The van der Waals surface area contributed by atoms with Gasteiger partial charge in [-0.05, 0) is 25.0 Å². The summed E-state index contributed by atoms with van der Waals surface area (Å²) in [5, 5.41) is 3.74. The van der Waals surface area contributed by atoms with Crippen molar-refractivity contribution in [2.24, 2.45) is 0 Å². The van der Waals surface area contributed by atoms with Crippen molar-refractivity contribution in [3.63, 3.8) is 0 Å². The molecule has 23 heavy (non-hydrogen) atoms. The molecule has 0 aliphatic heterocycles. The summed E-state index contributed by atoms with van der Waals surface area (Å²) in [5.41, 5.74) is 1.14. The van der Waals surface area contributed by atoms with Gasteiger partial charge >= 0.3 is 0 Å². The Balaban J connectivity index is 1.72. The summed E-state index contributed by atoms with van der Waals surface area (Å²) in [6, 6.07) is 17.0. The molecule has 0 unspecified atom stereocenters. The SMILES string of the molecule is CCCCCCCCO[n+]1cc2ccccc2c2ccccc21. The van der Waals surface area contributed by atoms with Crippen molar-refractivity contribution < 1.29 is 9.57 Å². The van der Waals surface area contributed by atoms with E-state index in [1.54, 1.807) is 0 Å². The van der Waals surface area contributed by atoms with Crippen molar-refractivity contribution in [1.82, 2.24) is 0 Å². The Bertz CT molecular complexity index is 766. The molecule has 2 nitrogen and oxygen atoms in total. The molecule has 1 aromatic heterocycles. The van der Waals surface area contributed by atoms with E-state index in [1.165, 1.54) is 48.3 Å². The first-order valence-corrected chi connectivity index (χ1v) is 8.85. The zero-order chi connectivity index (χ0) is 15.9. The van der Waals surface area contributed by atoms with Gasteiger partial charge in [0, 0.05) is 16.2 Å². The summed E-state index contributed by atoms with van der Waals surface area (Å²) >= 11 is 0. The number of para-hydroxylation sites is 1. The van der Waals surface area contributed by atoms with E-state index >= 15 is 0 Å². The van der Waals surface area contributed by atoms with E-state index in [-0.39, 0.29) is 0 Å². The highest BCUT2D eigenvalue weighted by Gasteiger charge is 2.14. The van der Waals surface area contributed by atoms with Crippen molar-refractivity contribution in [1.29, 1.82) is 0 Å². The number of rotatable bonds is 8. The van der Waals surface area contributed by atoms with Crippen LogP contribution >= 0.6 is 0 Å². The lowest BCUT2D eigenvalue weighted by molar-refractivity contribution is -0.870. The van der Waals surface area contributed by atoms with Gasteiger partial charge in [0.15, 0.2) is 6.61 Å². The first-order chi connectivity index (χ1) is 11.4. The van der Waals surface area contributed by atoms with Gasteiger partial charge in [0.25, 0.3) is 5.52 Å². The normalized spacial score (nSPS) is 11.2. The maximum atomic E-state index is 6.05. The van der Waals surface area contributed by atoms with E-state index in [0.717, 1.165) is 18.5 Å². The highest BCUT2D eigenvalue weighted by atomic mass is 16.7. The lowest BCUT2D eigenvalue weighted by Crippen LogP contribution is -2.43. The van der Waals surface area contributed by atoms with Gasteiger partial charge in [-0.3, -0.25) is 4.84 Å². The average molecular weight is 308 g/mol. The van der Waals surface area contributed by atoms with Crippen LogP contribution in [0.4, 0.5) is 0 Å². The molecular weight excluding hydrogens is 282 g/mol. The molecule has 0 aliphatic carbocycles. The van der Waals surface area contributed by atoms with Crippen LogP contribution in [0.15, 0.2) is 54.7 Å². The summed E-state index contributed by atoms with van der Waals surface area (Å²) in [7, 11) is 0. The Morgan fingerprint density at radius 3 is 2.35 bits per heavy atom. The third kappa shape index (κ3) is 3.82. The fourth-order valence-corrected chi connectivity index (χ4v) is 3.10. The fourth-order valence-electron chi connectivity index (χ4n) is 3.10. The molecule has 0 spiro atoms. The van der Waals surface area contributed by atoms with Gasteiger partial charge in [0.2, 0.25) is 6.20 Å². The Labute approximate surface area is 138 Å². The predicted octanol–water partition coefficient (Wildman–Crippen LogP) is 5.07. The molecule has 0 atom stereocenters. The molecule has 0 saturated carbocycles. The van der Waals surface area contributed by atoms with Crippen LogP contribution < -0.4 is 9.57 Å². The number of aromatic nitrogens is 1. The van der Waals surface area contributed by atoms with Gasteiger partial charge in [-0.1, -0.05) is 62.9 Å². The molecule has 1 heterocycles. The molecule has 0 radical (unpaired) electrons. The predicted molar refractivity (Wildman–Crippen MR) is 96.5 cm³/mol. The van der Waals surface area contributed by atoms with Gasteiger partial charge in [-0.2, -0.15) is 0 Å². The topological polar surface area (TPSA) is 13.1 Å². The fraction of sp³-hybridized carbons (Fsp3) is 0.381. The monoisotopic (exact) mass is 308 g/mol. The summed E-state index contributed by atoms with van der Waals surface area (Å²) in [6.45, 7) is 3.03. The zero-order valence-corrected chi connectivity index (χ0v) is 14.0. The highest BCUT2D eigenvalue weighted by molar-refractivity contribution is 6.03. The molecule has 3 rings (SSSR count). The van der Waals surface area contributed by atoms with E-state index in [4.69, 9.17) is 4.84 Å². The van der Waals surface area contributed by atoms with Crippen LogP contribution in [0.2, 0.25) is 0 Å². The molecule has 0 aliphatic rings. The third-order valence-corrected chi connectivity index (χ3v) is 4.38. The number of hydrogen-bond donors (Lipinski definition) is 0. The van der Waals surface area contributed by atoms with Gasteiger partial charge in [-0.15, -0.1) is 0 Å². The van der Waals surface area contributed by atoms with Gasteiger partial charge < -0.3 is 0 Å². The largest absolute Gasteiger partial charge is 0.271 e. The zero-order valence-electron chi connectivity index (χ0n) is 14.0. The summed E-state index contributed by atoms with van der Waals surface area (Å²) in [5.74, 6) is 0. The second-order valence-corrected chi connectivity index (χ2v) is 6.16. The molecule has 0 fully saturated rings. The number of fused-ring (bicyclic) bond motifs is 3. The lowest BCUT2D eigenvalue weighted by Gasteiger charge is -2.05. The summed E-state index contributed by atoms with van der Waals surface area (Å²) in [6.07, 6.45) is 9.81. The van der Waals surface area contributed by atoms with Crippen LogP contribution in [0.1, 0.15) is 45.4 Å². The van der Waals surface area contributed by atoms with Crippen molar-refractivity contribution in [2.45, 2.75) is 45.4 Å². The Hall–Kier alpha value is -2.09. The van der Waals surface area contributed by atoms with Crippen molar-refractivity contribution in [3.05, 3.63) is 54.7 Å². The molecular formula is C21H26NO+. The van der Waals surface area contributed by atoms with Gasteiger partial charge in [-0.25, -0.2) is 0 Å². The second kappa shape index (κ2) is 7.96. The van der Waals surface area contributed by atoms with Crippen LogP contribution in [-0.2, 0) is 0 Å². The minimum Gasteiger partial charge on any atom is -0.271 e. The maximum absolute atomic E-state index is 6.05. The average Bonchev–Trinajstić information content (AvgIpc) is 2.61. The number of hydrogen-bond acceptors (Lipinski definition) is 1. The first kappa shape index (κ1) is 15.8. The van der Waals surface area contributed by atoms with E-state index in [2.05, 4.69) is 61.7 Å². The quantitative estimate of drug-likeness (QED) is 0.322. The maximum Gasteiger partial charge on any atom is 0.265 e. The van der Waals surface area contributed by atoms with E-state index in [9.17, 15) is 0 Å². The molecule has 0 bridgehead atoms. The van der Waals surface area contributed by atoms with Crippen LogP contribution in [0.3, 0.4) is 0 Å². The minimum atomic E-state index is 0.777. The van der Waals surface area contributed by atoms with E-state index in [0.29, 0.717) is 0 Å². The molecule has 3 aromatic rings. The molecule has 2 heteroatoms. The first-order valence-electron chi connectivity index (χ1n) is 8.85. The number of pyridine rings is 1. The minimum absolute atomic E-state index is 0.777. The number of benzene rings is 2. The second-order valence-electron chi connectivity index (χ2n) is 6.16. The van der Waals surface area contributed by atoms with E-state index in [1.807, 2.05) is 4.73 Å². The Morgan fingerprint density at radius 1 is 0.783 bits per heavy atom. The molecule has 0 saturated heterocycles. The third-order valence-electron chi connectivity index (χ3n) is 4.38. The van der Waals surface area contributed by atoms with Crippen molar-refractivity contribution in [2.75, 3.05) is 6.61 Å². The summed E-state index contributed by atoms with van der Waals surface area (Å²) < 4.78 is 1.95. The van der Waals surface area contributed by atoms with Gasteiger partial charge in [0.05, 0.1) is 10.8 Å². The smallest absolute Gasteiger partial charge is 0.265 e. The van der Waals surface area contributed by atoms with Crippen LogP contribution in [0, 0.1) is 0 Å². The van der Waals surface area contributed by atoms with Crippen LogP contribution in [0.25, 0.3) is 21.7 Å². The molecule has 2 aromatic carbocycles. The molecule has 120 valence electrons. The Kier molecular flexibility index (Phi) is 5.46. The molecule has 0 N–H and O–H groups in total. The summed E-state index contributed by atoms with van der Waals surface area (Å²) in [4.78, 5) is 6.05. The van der Waals surface area contributed by atoms with Crippen molar-refractivity contribution >= 4 is 21.7 Å².